The van der Waals surface area contributed by atoms with Gasteiger partial charge in [-0.15, -0.1) is 0 Å². The molecule has 2 amide bonds. The summed E-state index contributed by atoms with van der Waals surface area (Å²) in [5.74, 6) is -12.7. The number of halogens is 4. The smallest absolute Gasteiger partial charge is 0.329 e. The highest BCUT2D eigenvalue weighted by atomic mass is 19.2. The number of rotatable bonds is 4. The third-order valence-electron chi connectivity index (χ3n) is 4.28. The van der Waals surface area contributed by atoms with E-state index in [9.17, 15) is 37.1 Å². The number of ether oxygens (including phenoxy) is 1. The Morgan fingerprint density at radius 3 is 1.86 bits per heavy atom. The van der Waals surface area contributed by atoms with E-state index in [4.69, 9.17) is 0 Å². The molecule has 0 radical (unpaired) electrons. The summed E-state index contributed by atoms with van der Waals surface area (Å²) in [7, 11) is 0.963. The van der Waals surface area contributed by atoms with E-state index in [-0.39, 0.29) is 17.1 Å². The van der Waals surface area contributed by atoms with Crippen molar-refractivity contribution in [3.8, 4) is 5.75 Å². The summed E-state index contributed by atoms with van der Waals surface area (Å²) in [6.07, 6.45) is -0.327. The molecule has 2 aromatic rings. The molecule has 28 heavy (non-hydrogen) atoms. The zero-order chi connectivity index (χ0) is 20.7. The molecule has 0 fully saturated rings. The summed E-state index contributed by atoms with van der Waals surface area (Å²) < 4.78 is 59.6. The first kappa shape index (κ1) is 19.3. The molecule has 1 aliphatic heterocycles. The van der Waals surface area contributed by atoms with Gasteiger partial charge in [0.05, 0.1) is 18.2 Å². The summed E-state index contributed by atoms with van der Waals surface area (Å²) >= 11 is 0. The SMILES string of the molecule is COC(=O)[C@H](Cc1ccc(O)cc1)N1C(=O)c2c(F)c(F)c(F)c(F)c2C1=O. The Morgan fingerprint density at radius 1 is 0.964 bits per heavy atom. The topological polar surface area (TPSA) is 83.9 Å². The first-order valence-corrected chi connectivity index (χ1v) is 7.78. The predicted molar refractivity (Wildman–Crippen MR) is 84.4 cm³/mol. The molecule has 0 bridgehead atoms. The lowest BCUT2D eigenvalue weighted by molar-refractivity contribution is -0.145. The molecule has 0 spiro atoms. The first-order chi connectivity index (χ1) is 13.2. The minimum atomic E-state index is -2.24. The molecule has 0 saturated carbocycles. The number of phenolic OH excluding ortho intramolecular Hbond substituents is 1. The molecule has 146 valence electrons. The number of carbonyl (C=O) groups is 3. The van der Waals surface area contributed by atoms with Gasteiger partial charge < -0.3 is 9.84 Å². The second kappa shape index (κ2) is 6.95. The molecule has 1 aliphatic rings. The van der Waals surface area contributed by atoms with Crippen LogP contribution in [-0.2, 0) is 16.0 Å². The van der Waals surface area contributed by atoms with Crippen LogP contribution in [0.25, 0.3) is 0 Å². The van der Waals surface area contributed by atoms with Crippen molar-refractivity contribution in [3.63, 3.8) is 0 Å². The standard InChI is InChI=1S/C18H11F4NO5/c1-28-18(27)9(6-7-2-4-8(24)5-3-7)23-16(25)10-11(17(23)26)13(20)15(22)14(21)12(10)19/h2-5,9,24H,6H2,1H3/t9-/m0/s1. The van der Waals surface area contributed by atoms with Crippen LogP contribution in [0, 0.1) is 23.3 Å². The number of fused-ring (bicyclic) bond motifs is 1. The zero-order valence-electron chi connectivity index (χ0n) is 14.1. The van der Waals surface area contributed by atoms with Crippen molar-refractivity contribution in [2.24, 2.45) is 0 Å². The van der Waals surface area contributed by atoms with Gasteiger partial charge in [-0.1, -0.05) is 12.1 Å². The van der Waals surface area contributed by atoms with Crippen LogP contribution in [0.4, 0.5) is 17.6 Å². The largest absolute Gasteiger partial charge is 0.508 e. The number of amides is 2. The highest BCUT2D eigenvalue weighted by Gasteiger charge is 2.48. The lowest BCUT2D eigenvalue weighted by Gasteiger charge is -2.24. The van der Waals surface area contributed by atoms with Gasteiger partial charge in [-0.2, -0.15) is 0 Å². The summed E-state index contributed by atoms with van der Waals surface area (Å²) in [6.45, 7) is 0. The van der Waals surface area contributed by atoms with Gasteiger partial charge >= 0.3 is 5.97 Å². The van der Waals surface area contributed by atoms with Crippen LogP contribution in [0.15, 0.2) is 24.3 Å². The second-order valence-electron chi connectivity index (χ2n) is 5.90. The second-order valence-corrected chi connectivity index (χ2v) is 5.90. The maximum Gasteiger partial charge on any atom is 0.329 e. The van der Waals surface area contributed by atoms with Crippen LogP contribution in [0.2, 0.25) is 0 Å². The van der Waals surface area contributed by atoms with Crippen molar-refractivity contribution in [2.45, 2.75) is 12.5 Å². The zero-order valence-corrected chi connectivity index (χ0v) is 14.1. The number of benzene rings is 2. The van der Waals surface area contributed by atoms with Crippen LogP contribution < -0.4 is 0 Å². The Kier molecular flexibility index (Phi) is 4.80. The van der Waals surface area contributed by atoms with Gasteiger partial charge in [0, 0.05) is 6.42 Å². The molecular weight excluding hydrogens is 386 g/mol. The quantitative estimate of drug-likeness (QED) is 0.282. The van der Waals surface area contributed by atoms with E-state index in [0.717, 1.165) is 7.11 Å². The maximum absolute atomic E-state index is 14.0. The summed E-state index contributed by atoms with van der Waals surface area (Å²) in [5.41, 5.74) is -2.22. The number of hydrogen-bond acceptors (Lipinski definition) is 5. The predicted octanol–water partition coefficient (Wildman–Crippen LogP) is 2.33. The van der Waals surface area contributed by atoms with E-state index in [1.807, 2.05) is 0 Å². The van der Waals surface area contributed by atoms with Gasteiger partial charge in [0.15, 0.2) is 23.3 Å². The normalized spacial score (nSPS) is 14.2. The Morgan fingerprint density at radius 2 is 1.43 bits per heavy atom. The third kappa shape index (κ3) is 2.86. The van der Waals surface area contributed by atoms with Crippen molar-refractivity contribution < 1.29 is 41.8 Å². The highest BCUT2D eigenvalue weighted by Crippen LogP contribution is 2.33. The number of phenols is 1. The fourth-order valence-corrected chi connectivity index (χ4v) is 2.92. The molecule has 2 aromatic carbocycles. The minimum absolute atomic E-state index is 0.0887. The molecule has 0 aromatic heterocycles. The molecule has 0 unspecified atom stereocenters. The fourth-order valence-electron chi connectivity index (χ4n) is 2.92. The molecule has 10 heteroatoms. The van der Waals surface area contributed by atoms with Crippen LogP contribution in [0.1, 0.15) is 26.3 Å². The third-order valence-corrected chi connectivity index (χ3v) is 4.28. The van der Waals surface area contributed by atoms with Crippen LogP contribution in [0.5, 0.6) is 5.75 Å². The number of hydrogen-bond donors (Lipinski definition) is 1. The van der Waals surface area contributed by atoms with Gasteiger partial charge in [0.2, 0.25) is 0 Å². The number of methoxy groups -OCH3 is 1. The molecule has 0 saturated heterocycles. The number of carbonyl (C=O) groups excluding carboxylic acids is 3. The van der Waals surface area contributed by atoms with E-state index in [2.05, 4.69) is 4.74 Å². The highest BCUT2D eigenvalue weighted by molar-refractivity contribution is 6.23. The van der Waals surface area contributed by atoms with Gasteiger partial charge in [-0.25, -0.2) is 22.4 Å². The van der Waals surface area contributed by atoms with Crippen LogP contribution in [0.3, 0.4) is 0 Å². The molecule has 6 nitrogen and oxygen atoms in total. The van der Waals surface area contributed by atoms with Gasteiger partial charge in [-0.3, -0.25) is 14.5 Å². The summed E-state index contributed by atoms with van der Waals surface area (Å²) in [5, 5.41) is 9.31. The average Bonchev–Trinajstić information content (AvgIpc) is 2.94. The molecular formula is C18H11F4NO5. The van der Waals surface area contributed by atoms with Gasteiger partial charge in [-0.05, 0) is 17.7 Å². The van der Waals surface area contributed by atoms with Crippen molar-refractivity contribution >= 4 is 17.8 Å². The van der Waals surface area contributed by atoms with Crippen LogP contribution >= 0.6 is 0 Å². The number of aromatic hydroxyl groups is 1. The molecule has 3 rings (SSSR count). The van der Waals surface area contributed by atoms with Crippen molar-refractivity contribution in [2.75, 3.05) is 7.11 Å². The maximum atomic E-state index is 14.0. The Labute approximate surface area is 154 Å². The number of imide groups is 1. The molecule has 0 aliphatic carbocycles. The van der Waals surface area contributed by atoms with Crippen molar-refractivity contribution in [3.05, 3.63) is 64.2 Å². The lowest BCUT2D eigenvalue weighted by Crippen LogP contribution is -2.46. The Bertz CT molecular complexity index is 959. The van der Waals surface area contributed by atoms with Gasteiger partial charge in [0.1, 0.15) is 11.8 Å². The summed E-state index contributed by atoms with van der Waals surface area (Å²) in [4.78, 5) is 37.4. The van der Waals surface area contributed by atoms with E-state index in [0.29, 0.717) is 5.56 Å². The van der Waals surface area contributed by atoms with E-state index in [1.54, 1.807) is 0 Å². The summed E-state index contributed by atoms with van der Waals surface area (Å²) in [6, 6.07) is 3.65. The molecule has 1 heterocycles. The van der Waals surface area contributed by atoms with E-state index < -0.39 is 58.2 Å². The Balaban J connectivity index is 2.09. The lowest BCUT2D eigenvalue weighted by atomic mass is 10.0. The van der Waals surface area contributed by atoms with E-state index >= 15 is 0 Å². The molecule has 1 atom stereocenters. The monoisotopic (exact) mass is 397 g/mol. The number of nitrogens with zero attached hydrogens (tertiary/aromatic N) is 1. The number of esters is 1. The van der Waals surface area contributed by atoms with E-state index in [1.165, 1.54) is 24.3 Å². The van der Waals surface area contributed by atoms with Crippen molar-refractivity contribution in [1.29, 1.82) is 0 Å². The fraction of sp³-hybridized carbons (Fsp3) is 0.167. The van der Waals surface area contributed by atoms with Gasteiger partial charge in [0.25, 0.3) is 11.8 Å². The minimum Gasteiger partial charge on any atom is -0.508 e. The Hall–Kier alpha value is -3.43. The first-order valence-electron chi connectivity index (χ1n) is 7.78. The van der Waals surface area contributed by atoms with Crippen LogP contribution in [-0.4, -0.2) is 40.9 Å². The molecule has 1 N–H and O–H groups in total. The van der Waals surface area contributed by atoms with Crippen molar-refractivity contribution in [1.82, 2.24) is 4.90 Å². The average molecular weight is 397 g/mol.